The number of carbonyl (C=O) groups is 1. The fraction of sp³-hybridized carbons (Fsp3) is 0.318. The molecule has 5 rings (SSSR count). The van der Waals surface area contributed by atoms with Gasteiger partial charge in [0.1, 0.15) is 5.82 Å². The number of amides is 1. The predicted octanol–water partition coefficient (Wildman–Crippen LogP) is 2.34. The van der Waals surface area contributed by atoms with E-state index in [1.165, 1.54) is 23.5 Å². The van der Waals surface area contributed by atoms with Crippen molar-refractivity contribution in [1.82, 2.24) is 14.5 Å². The number of carbonyl (C=O) groups excluding carboxylic acids is 1. The normalized spacial score (nSPS) is 24.7. The van der Waals surface area contributed by atoms with E-state index in [2.05, 4.69) is 15.2 Å². The molecule has 2 bridgehead atoms. The molecule has 0 unspecified atom stereocenters. The van der Waals surface area contributed by atoms with Crippen LogP contribution >= 0.6 is 11.3 Å². The molecule has 1 amide bonds. The van der Waals surface area contributed by atoms with E-state index >= 15 is 0 Å². The summed E-state index contributed by atoms with van der Waals surface area (Å²) in [4.78, 5) is 32.7. The molecule has 2 aromatic heterocycles. The molecule has 1 fully saturated rings. The van der Waals surface area contributed by atoms with Crippen molar-refractivity contribution in [1.29, 1.82) is 0 Å². The second-order valence-corrected chi connectivity index (χ2v) is 8.87. The summed E-state index contributed by atoms with van der Waals surface area (Å²) in [7, 11) is 1.93. The lowest BCUT2D eigenvalue weighted by Crippen LogP contribution is -2.44. The number of anilines is 1. The number of hydrogen-bond donors (Lipinski definition) is 2. The van der Waals surface area contributed by atoms with Crippen LogP contribution in [0, 0.1) is 17.7 Å². The largest absolute Gasteiger partial charge is 0.396 e. The quantitative estimate of drug-likeness (QED) is 0.650. The zero-order valence-corrected chi connectivity index (χ0v) is 17.6. The molecule has 0 aliphatic carbocycles. The summed E-state index contributed by atoms with van der Waals surface area (Å²) in [5, 5.41) is 15.3. The number of rotatable bonds is 4. The Morgan fingerprint density at radius 3 is 2.74 bits per heavy atom. The van der Waals surface area contributed by atoms with Gasteiger partial charge in [0.05, 0.1) is 12.0 Å². The lowest BCUT2D eigenvalue weighted by Gasteiger charge is -2.35. The summed E-state index contributed by atoms with van der Waals surface area (Å²) >= 11 is 1.33. The van der Waals surface area contributed by atoms with Crippen LogP contribution < -0.4 is 10.9 Å². The topological polar surface area (TPSA) is 87.5 Å². The number of halogens is 1. The van der Waals surface area contributed by atoms with Gasteiger partial charge in [0.15, 0.2) is 5.13 Å². The molecule has 9 heteroatoms. The number of aliphatic hydroxyl groups is 1. The molecule has 1 saturated heterocycles. The van der Waals surface area contributed by atoms with Crippen LogP contribution in [-0.4, -0.2) is 45.2 Å². The van der Waals surface area contributed by atoms with Crippen molar-refractivity contribution in [3.63, 3.8) is 0 Å². The van der Waals surface area contributed by atoms with Gasteiger partial charge in [-0.2, -0.15) is 0 Å². The minimum atomic E-state index is -0.520. The van der Waals surface area contributed by atoms with E-state index < -0.39 is 5.92 Å². The first kappa shape index (κ1) is 20.0. The molecular weight excluding hydrogens is 419 g/mol. The Balaban J connectivity index is 1.56. The summed E-state index contributed by atoms with van der Waals surface area (Å²) in [5.41, 5.74) is 1.69. The fourth-order valence-corrected chi connectivity index (χ4v) is 5.55. The van der Waals surface area contributed by atoms with Crippen LogP contribution in [0.25, 0.3) is 11.1 Å². The molecule has 1 aromatic carbocycles. The Bertz CT molecular complexity index is 1180. The lowest BCUT2D eigenvalue weighted by molar-refractivity contribution is -0.122. The van der Waals surface area contributed by atoms with E-state index in [9.17, 15) is 19.1 Å². The summed E-state index contributed by atoms with van der Waals surface area (Å²) < 4.78 is 15.0. The van der Waals surface area contributed by atoms with Gasteiger partial charge in [0.2, 0.25) is 5.91 Å². The summed E-state index contributed by atoms with van der Waals surface area (Å²) in [6, 6.07) is 8.93. The number of thiazole rings is 1. The predicted molar refractivity (Wildman–Crippen MR) is 115 cm³/mol. The maximum absolute atomic E-state index is 13.3. The molecule has 2 aliphatic rings. The number of nitrogens with one attached hydrogen (secondary N) is 1. The third-order valence-corrected chi connectivity index (χ3v) is 7.16. The number of benzene rings is 1. The van der Waals surface area contributed by atoms with Crippen molar-refractivity contribution in [3.05, 3.63) is 69.8 Å². The minimum Gasteiger partial charge on any atom is -0.396 e. The Morgan fingerprint density at radius 2 is 2.06 bits per heavy atom. The fourth-order valence-electron chi connectivity index (χ4n) is 5.01. The number of fused-ring (bicyclic) bond motifs is 4. The molecule has 7 nitrogen and oxygen atoms in total. The van der Waals surface area contributed by atoms with Crippen LogP contribution in [0.2, 0.25) is 0 Å². The van der Waals surface area contributed by atoms with Crippen molar-refractivity contribution in [2.75, 3.05) is 19.0 Å². The van der Waals surface area contributed by atoms with E-state index in [0.717, 1.165) is 5.69 Å². The molecule has 0 spiro atoms. The first-order valence-electron chi connectivity index (χ1n) is 10.0. The molecule has 31 heavy (non-hydrogen) atoms. The first-order valence-corrected chi connectivity index (χ1v) is 10.9. The average Bonchev–Trinajstić information content (AvgIpc) is 3.32. The standard InChI is InChI=1S/C22H21FN4O3S/c1-26-17-10-27-16(7-6-14(21(27)30)12-2-4-13(23)5-3-12)19(26)18(15(17)11-28)20(29)25-22-24-8-9-31-22/h2-9,15,17-19,28H,10-11H2,1H3,(H,24,25,29)/t15-,17-,18+,19+/m1/s1. The van der Waals surface area contributed by atoms with Gasteiger partial charge >= 0.3 is 0 Å². The number of nitrogens with zero attached hydrogens (tertiary/aromatic N) is 3. The second-order valence-electron chi connectivity index (χ2n) is 7.97. The summed E-state index contributed by atoms with van der Waals surface area (Å²) in [5.74, 6) is -1.41. The minimum absolute atomic E-state index is 0.157. The maximum Gasteiger partial charge on any atom is 0.258 e. The highest BCUT2D eigenvalue weighted by atomic mass is 32.1. The third kappa shape index (κ3) is 3.20. The molecule has 4 atom stereocenters. The van der Waals surface area contributed by atoms with Crippen LogP contribution in [-0.2, 0) is 11.3 Å². The van der Waals surface area contributed by atoms with Crippen molar-refractivity contribution in [3.8, 4) is 11.1 Å². The van der Waals surface area contributed by atoms with E-state index in [1.807, 2.05) is 13.1 Å². The number of hydrogen-bond acceptors (Lipinski definition) is 6. The number of aliphatic hydroxyl groups excluding tert-OH is 1. The Labute approximate surface area is 181 Å². The van der Waals surface area contributed by atoms with Crippen LogP contribution in [0.4, 0.5) is 9.52 Å². The van der Waals surface area contributed by atoms with E-state index in [-0.39, 0.29) is 41.9 Å². The van der Waals surface area contributed by atoms with E-state index in [1.54, 1.807) is 34.3 Å². The SMILES string of the molecule is CN1[C@@H]2Cn3c(ccc(-c4ccc(F)cc4)c3=O)[C@H]1[C@@H](C(=O)Nc1nccs1)[C@@H]2CO. The third-order valence-electron chi connectivity index (χ3n) is 6.47. The van der Waals surface area contributed by atoms with Crippen molar-refractivity contribution in [2.24, 2.45) is 11.8 Å². The molecule has 0 radical (unpaired) electrons. The average molecular weight is 441 g/mol. The molecule has 2 N–H and O–H groups in total. The van der Waals surface area contributed by atoms with Crippen LogP contribution in [0.3, 0.4) is 0 Å². The summed E-state index contributed by atoms with van der Waals surface area (Å²) in [6.45, 7) is 0.220. The Hall–Kier alpha value is -2.88. The molecule has 0 saturated carbocycles. The highest BCUT2D eigenvalue weighted by Crippen LogP contribution is 2.47. The van der Waals surface area contributed by atoms with Gasteiger partial charge in [-0.1, -0.05) is 12.1 Å². The first-order chi connectivity index (χ1) is 15.0. The Morgan fingerprint density at radius 1 is 1.29 bits per heavy atom. The van der Waals surface area contributed by atoms with Crippen LogP contribution in [0.5, 0.6) is 0 Å². The van der Waals surface area contributed by atoms with Gasteiger partial charge in [0, 0.05) is 47.9 Å². The van der Waals surface area contributed by atoms with Gasteiger partial charge in [-0.15, -0.1) is 11.3 Å². The highest BCUT2D eigenvalue weighted by molar-refractivity contribution is 7.13. The van der Waals surface area contributed by atoms with Gasteiger partial charge in [-0.3, -0.25) is 14.5 Å². The molecule has 2 aliphatic heterocycles. The lowest BCUT2D eigenvalue weighted by atomic mass is 9.86. The molecule has 3 aromatic rings. The van der Waals surface area contributed by atoms with Crippen LogP contribution in [0.1, 0.15) is 11.7 Å². The van der Waals surface area contributed by atoms with E-state index in [0.29, 0.717) is 22.8 Å². The van der Waals surface area contributed by atoms with Crippen LogP contribution in [0.15, 0.2) is 52.8 Å². The Kier molecular flexibility index (Phi) is 4.96. The zero-order valence-electron chi connectivity index (χ0n) is 16.7. The number of aromatic nitrogens is 2. The van der Waals surface area contributed by atoms with Gasteiger partial charge in [0.25, 0.3) is 5.56 Å². The van der Waals surface area contributed by atoms with Crippen molar-refractivity contribution < 1.29 is 14.3 Å². The van der Waals surface area contributed by atoms with Gasteiger partial charge in [-0.05, 0) is 36.9 Å². The van der Waals surface area contributed by atoms with Gasteiger partial charge < -0.3 is 15.0 Å². The smallest absolute Gasteiger partial charge is 0.258 e. The number of pyridine rings is 1. The summed E-state index contributed by atoms with van der Waals surface area (Å²) in [6.07, 6.45) is 1.62. The zero-order chi connectivity index (χ0) is 21.7. The monoisotopic (exact) mass is 440 g/mol. The molecule has 4 heterocycles. The van der Waals surface area contributed by atoms with Crippen molar-refractivity contribution >= 4 is 22.4 Å². The maximum atomic E-state index is 13.3. The second kappa shape index (κ2) is 7.67. The van der Waals surface area contributed by atoms with Crippen molar-refractivity contribution in [2.45, 2.75) is 18.6 Å². The molecular formula is C22H21FN4O3S. The van der Waals surface area contributed by atoms with E-state index in [4.69, 9.17) is 0 Å². The van der Waals surface area contributed by atoms with Gasteiger partial charge in [-0.25, -0.2) is 9.37 Å². The number of likely N-dealkylation sites (N-methyl/N-ethyl adjacent to an activating group) is 1. The highest BCUT2D eigenvalue weighted by Gasteiger charge is 2.54. The molecule has 160 valence electrons.